The number of carbonyl (C=O) groups excluding carboxylic acids is 2. The van der Waals surface area contributed by atoms with E-state index in [1.807, 2.05) is 31.2 Å². The Bertz CT molecular complexity index is 830. The molecule has 0 spiro atoms. The van der Waals surface area contributed by atoms with Gasteiger partial charge in [-0.3, -0.25) is 9.59 Å². The van der Waals surface area contributed by atoms with Gasteiger partial charge in [0.05, 0.1) is 10.0 Å². The fraction of sp³-hybridized carbons (Fsp3) is 0.300. The summed E-state index contributed by atoms with van der Waals surface area (Å²) in [6.45, 7) is 3.11. The van der Waals surface area contributed by atoms with E-state index >= 15 is 0 Å². The Hall–Kier alpha value is -2.04. The van der Waals surface area contributed by atoms with Gasteiger partial charge in [-0.1, -0.05) is 41.4 Å². The molecule has 6 heteroatoms. The van der Waals surface area contributed by atoms with Crippen LogP contribution in [0.1, 0.15) is 39.1 Å². The molecule has 0 radical (unpaired) electrons. The van der Waals surface area contributed by atoms with E-state index in [-0.39, 0.29) is 17.9 Å². The first-order chi connectivity index (χ1) is 12.5. The zero-order valence-electron chi connectivity index (χ0n) is 14.5. The molecule has 0 atom stereocenters. The number of likely N-dealkylation sites (tertiary alicyclic amines) is 1. The van der Waals surface area contributed by atoms with E-state index in [4.69, 9.17) is 23.2 Å². The van der Waals surface area contributed by atoms with Crippen LogP contribution in [-0.4, -0.2) is 35.8 Å². The first kappa shape index (κ1) is 18.7. The molecule has 26 heavy (non-hydrogen) atoms. The largest absolute Gasteiger partial charge is 0.349 e. The van der Waals surface area contributed by atoms with Crippen molar-refractivity contribution in [1.29, 1.82) is 0 Å². The van der Waals surface area contributed by atoms with Crippen molar-refractivity contribution in [2.75, 3.05) is 13.1 Å². The van der Waals surface area contributed by atoms with E-state index in [2.05, 4.69) is 5.32 Å². The van der Waals surface area contributed by atoms with Crippen molar-refractivity contribution >= 4 is 35.0 Å². The summed E-state index contributed by atoms with van der Waals surface area (Å²) >= 11 is 11.9. The number of nitrogens with zero attached hydrogens (tertiary/aromatic N) is 1. The molecule has 1 saturated heterocycles. The van der Waals surface area contributed by atoms with E-state index in [1.54, 1.807) is 23.1 Å². The van der Waals surface area contributed by atoms with Crippen molar-refractivity contribution in [3.05, 3.63) is 69.2 Å². The summed E-state index contributed by atoms with van der Waals surface area (Å²) < 4.78 is 0. The van der Waals surface area contributed by atoms with Gasteiger partial charge in [-0.05, 0) is 49.6 Å². The van der Waals surface area contributed by atoms with Crippen LogP contribution in [0.5, 0.6) is 0 Å². The molecule has 0 saturated carbocycles. The summed E-state index contributed by atoms with van der Waals surface area (Å²) in [5.74, 6) is -0.121. The first-order valence-corrected chi connectivity index (χ1v) is 9.32. The molecule has 136 valence electrons. The Morgan fingerprint density at radius 3 is 2.38 bits per heavy atom. The second kappa shape index (κ2) is 8.11. The Kier molecular flexibility index (Phi) is 5.84. The molecule has 0 bridgehead atoms. The van der Waals surface area contributed by atoms with Crippen LogP contribution in [0.2, 0.25) is 10.0 Å². The van der Waals surface area contributed by atoms with Gasteiger partial charge in [0.1, 0.15) is 0 Å². The molecule has 1 heterocycles. The molecule has 1 aliphatic rings. The lowest BCUT2D eigenvalue weighted by Gasteiger charge is -2.32. The van der Waals surface area contributed by atoms with Gasteiger partial charge in [-0.2, -0.15) is 0 Å². The van der Waals surface area contributed by atoms with E-state index in [0.29, 0.717) is 34.3 Å². The maximum absolute atomic E-state index is 12.6. The van der Waals surface area contributed by atoms with E-state index in [9.17, 15) is 9.59 Å². The van der Waals surface area contributed by atoms with Gasteiger partial charge in [0.25, 0.3) is 11.8 Å². The molecule has 1 aliphatic heterocycles. The molecule has 2 aromatic carbocycles. The Morgan fingerprint density at radius 1 is 1.04 bits per heavy atom. The molecule has 4 nitrogen and oxygen atoms in total. The van der Waals surface area contributed by atoms with Crippen LogP contribution in [0.4, 0.5) is 0 Å². The summed E-state index contributed by atoms with van der Waals surface area (Å²) in [5.41, 5.74) is 2.18. The van der Waals surface area contributed by atoms with Crippen LogP contribution >= 0.6 is 23.2 Å². The van der Waals surface area contributed by atoms with Crippen molar-refractivity contribution in [2.45, 2.75) is 25.8 Å². The fourth-order valence-electron chi connectivity index (χ4n) is 3.13. The third-order valence-electron chi connectivity index (χ3n) is 4.67. The predicted octanol–water partition coefficient (Wildman–Crippen LogP) is 4.34. The molecule has 3 rings (SSSR count). The highest BCUT2D eigenvalue weighted by molar-refractivity contribution is 6.42. The first-order valence-electron chi connectivity index (χ1n) is 8.56. The van der Waals surface area contributed by atoms with Crippen molar-refractivity contribution in [3.63, 3.8) is 0 Å². The number of hydrogen-bond acceptors (Lipinski definition) is 2. The minimum atomic E-state index is -0.0627. The quantitative estimate of drug-likeness (QED) is 0.847. The normalized spacial score (nSPS) is 15.0. The zero-order chi connectivity index (χ0) is 18.7. The van der Waals surface area contributed by atoms with Gasteiger partial charge in [0.15, 0.2) is 0 Å². The number of carbonyl (C=O) groups is 2. The number of amides is 2. The highest BCUT2D eigenvalue weighted by Gasteiger charge is 2.25. The second-order valence-electron chi connectivity index (χ2n) is 6.48. The lowest BCUT2D eigenvalue weighted by atomic mass is 10.0. The van der Waals surface area contributed by atoms with E-state index < -0.39 is 0 Å². The highest BCUT2D eigenvalue weighted by atomic mass is 35.5. The van der Waals surface area contributed by atoms with E-state index in [1.165, 1.54) is 0 Å². The molecule has 2 aromatic rings. The van der Waals surface area contributed by atoms with Crippen molar-refractivity contribution in [3.8, 4) is 0 Å². The Morgan fingerprint density at radius 2 is 1.73 bits per heavy atom. The Balaban J connectivity index is 1.57. The minimum Gasteiger partial charge on any atom is -0.349 e. The van der Waals surface area contributed by atoms with Crippen molar-refractivity contribution in [1.82, 2.24) is 10.2 Å². The average Bonchev–Trinajstić information content (AvgIpc) is 2.64. The van der Waals surface area contributed by atoms with Crippen LogP contribution < -0.4 is 5.32 Å². The monoisotopic (exact) mass is 390 g/mol. The van der Waals surface area contributed by atoms with E-state index in [0.717, 1.165) is 18.4 Å². The molecule has 2 amide bonds. The van der Waals surface area contributed by atoms with Crippen LogP contribution in [0.25, 0.3) is 0 Å². The maximum Gasteiger partial charge on any atom is 0.253 e. The number of hydrogen-bond donors (Lipinski definition) is 1. The summed E-state index contributed by atoms with van der Waals surface area (Å²) in [6.07, 6.45) is 1.45. The lowest BCUT2D eigenvalue weighted by Crippen LogP contribution is -2.46. The van der Waals surface area contributed by atoms with Gasteiger partial charge in [-0.25, -0.2) is 0 Å². The number of piperidine rings is 1. The SMILES string of the molecule is Cc1ccccc1C(=O)NC1CCN(C(=O)c2ccc(Cl)c(Cl)c2)CC1. The molecule has 1 N–H and O–H groups in total. The molecule has 1 fully saturated rings. The van der Waals surface area contributed by atoms with Gasteiger partial charge in [0.2, 0.25) is 0 Å². The number of rotatable bonds is 3. The molecular weight excluding hydrogens is 371 g/mol. The summed E-state index contributed by atoms with van der Waals surface area (Å²) in [4.78, 5) is 26.8. The standard InChI is InChI=1S/C20H20Cl2N2O2/c1-13-4-2-3-5-16(13)19(25)23-15-8-10-24(11-9-15)20(26)14-6-7-17(21)18(22)12-14/h2-7,12,15H,8-11H2,1H3,(H,23,25). The molecule has 0 unspecified atom stereocenters. The smallest absolute Gasteiger partial charge is 0.253 e. The average molecular weight is 391 g/mol. The van der Waals surface area contributed by atoms with Crippen LogP contribution in [0.15, 0.2) is 42.5 Å². The van der Waals surface area contributed by atoms with Crippen molar-refractivity contribution < 1.29 is 9.59 Å². The minimum absolute atomic E-state index is 0.0580. The van der Waals surface area contributed by atoms with Crippen LogP contribution in [-0.2, 0) is 0 Å². The fourth-order valence-corrected chi connectivity index (χ4v) is 3.43. The summed E-state index contributed by atoms with van der Waals surface area (Å²) in [7, 11) is 0. The second-order valence-corrected chi connectivity index (χ2v) is 7.30. The molecular formula is C20H20Cl2N2O2. The number of aryl methyl sites for hydroxylation is 1. The number of nitrogens with one attached hydrogen (secondary N) is 1. The summed E-state index contributed by atoms with van der Waals surface area (Å²) in [6, 6.07) is 12.5. The van der Waals surface area contributed by atoms with Gasteiger partial charge >= 0.3 is 0 Å². The molecule has 0 aliphatic carbocycles. The summed E-state index contributed by atoms with van der Waals surface area (Å²) in [5, 5.41) is 3.88. The number of halogens is 2. The van der Waals surface area contributed by atoms with Gasteiger partial charge in [-0.15, -0.1) is 0 Å². The number of benzene rings is 2. The molecule has 0 aromatic heterocycles. The van der Waals surface area contributed by atoms with Gasteiger partial charge in [0, 0.05) is 30.3 Å². The Labute approximate surface area is 163 Å². The third kappa shape index (κ3) is 4.19. The zero-order valence-corrected chi connectivity index (χ0v) is 16.0. The van der Waals surface area contributed by atoms with Gasteiger partial charge < -0.3 is 10.2 Å². The van der Waals surface area contributed by atoms with Crippen LogP contribution in [0.3, 0.4) is 0 Å². The van der Waals surface area contributed by atoms with Crippen LogP contribution in [0, 0.1) is 6.92 Å². The predicted molar refractivity (Wildman–Crippen MR) is 104 cm³/mol. The van der Waals surface area contributed by atoms with Crippen molar-refractivity contribution in [2.24, 2.45) is 0 Å². The topological polar surface area (TPSA) is 49.4 Å². The highest BCUT2D eigenvalue weighted by Crippen LogP contribution is 2.24. The maximum atomic E-state index is 12.6. The third-order valence-corrected chi connectivity index (χ3v) is 5.41. The lowest BCUT2D eigenvalue weighted by molar-refractivity contribution is 0.0698.